The van der Waals surface area contributed by atoms with Crippen molar-refractivity contribution in [3.05, 3.63) is 95.1 Å². The molecule has 0 unspecified atom stereocenters. The van der Waals surface area contributed by atoms with Gasteiger partial charge in [-0.15, -0.1) is 0 Å². The van der Waals surface area contributed by atoms with Gasteiger partial charge >= 0.3 is 0 Å². The van der Waals surface area contributed by atoms with Crippen LogP contribution in [0.1, 0.15) is 27.0 Å². The van der Waals surface area contributed by atoms with E-state index in [1.165, 1.54) is 12.1 Å². The molecule has 0 fully saturated rings. The summed E-state index contributed by atoms with van der Waals surface area (Å²) in [6, 6.07) is 15.7. The molecule has 0 aliphatic carbocycles. The maximum absolute atomic E-state index is 13.0. The summed E-state index contributed by atoms with van der Waals surface area (Å²) in [5.74, 6) is 0.369. The molecule has 0 spiro atoms. The van der Waals surface area contributed by atoms with Crippen LogP contribution in [0.3, 0.4) is 0 Å². The Morgan fingerprint density at radius 1 is 1.07 bits per heavy atom. The summed E-state index contributed by atoms with van der Waals surface area (Å²) in [5, 5.41) is 0. The number of benzene rings is 2. The zero-order valence-electron chi connectivity index (χ0n) is 14.8. The Kier molecular flexibility index (Phi) is 4.83. The van der Waals surface area contributed by atoms with E-state index in [2.05, 4.69) is 4.98 Å². The summed E-state index contributed by atoms with van der Waals surface area (Å²) in [7, 11) is 0. The highest BCUT2D eigenvalue weighted by atomic mass is 19.1. The quantitative estimate of drug-likeness (QED) is 0.689. The van der Waals surface area contributed by atoms with Crippen LogP contribution in [0.15, 0.2) is 67.0 Å². The summed E-state index contributed by atoms with van der Waals surface area (Å²) in [6.45, 7) is 1.57. The van der Waals surface area contributed by atoms with Crippen LogP contribution in [0.2, 0.25) is 0 Å². The Morgan fingerprint density at radius 2 is 1.93 bits per heavy atom. The lowest BCUT2D eigenvalue weighted by molar-refractivity contribution is 0.0726. The van der Waals surface area contributed by atoms with E-state index in [0.717, 1.165) is 23.1 Å². The van der Waals surface area contributed by atoms with Gasteiger partial charge in [-0.25, -0.2) is 4.39 Å². The van der Waals surface area contributed by atoms with Crippen LogP contribution in [-0.4, -0.2) is 22.3 Å². The van der Waals surface area contributed by atoms with Crippen LogP contribution in [0, 0.1) is 5.82 Å². The summed E-state index contributed by atoms with van der Waals surface area (Å²) >= 11 is 0. The minimum atomic E-state index is -0.271. The molecule has 1 amide bonds. The number of carbonyl (C=O) groups is 1. The predicted molar refractivity (Wildman–Crippen MR) is 99.9 cm³/mol. The molecule has 0 radical (unpaired) electrons. The zero-order valence-corrected chi connectivity index (χ0v) is 14.8. The first-order valence-electron chi connectivity index (χ1n) is 8.87. The molecular weight excluding hydrogens is 343 g/mol. The summed E-state index contributed by atoms with van der Waals surface area (Å²) in [6.07, 6.45) is 4.33. The molecule has 1 aliphatic heterocycles. The van der Waals surface area contributed by atoms with Gasteiger partial charge in [-0.2, -0.15) is 0 Å². The number of pyridine rings is 1. The van der Waals surface area contributed by atoms with Crippen molar-refractivity contribution in [1.82, 2.24) is 9.88 Å². The second-order valence-corrected chi connectivity index (χ2v) is 6.57. The fourth-order valence-corrected chi connectivity index (χ4v) is 3.20. The average molecular weight is 362 g/mol. The average Bonchev–Trinajstić information content (AvgIpc) is 2.71. The fourth-order valence-electron chi connectivity index (χ4n) is 3.20. The molecule has 4 rings (SSSR count). The lowest BCUT2D eigenvalue weighted by atomic mass is 9.98. The number of hydrogen-bond acceptors (Lipinski definition) is 3. The van der Waals surface area contributed by atoms with Crippen molar-refractivity contribution in [3.8, 4) is 5.75 Å². The summed E-state index contributed by atoms with van der Waals surface area (Å²) < 4.78 is 18.8. The standard InChI is InChI=1S/C22H19FN2O2/c23-19-6-3-16(4-7-19)15-27-20-8-5-18-9-11-25(22(26)21(18)12-20)14-17-2-1-10-24-13-17/h1-8,10,12-13H,9,11,14-15H2. The van der Waals surface area contributed by atoms with Gasteiger partial charge in [0.25, 0.3) is 5.91 Å². The molecule has 0 saturated carbocycles. The highest BCUT2D eigenvalue weighted by Crippen LogP contribution is 2.25. The lowest BCUT2D eigenvalue weighted by Gasteiger charge is -2.29. The van der Waals surface area contributed by atoms with Crippen molar-refractivity contribution in [2.45, 2.75) is 19.6 Å². The van der Waals surface area contributed by atoms with Crippen molar-refractivity contribution in [3.63, 3.8) is 0 Å². The highest BCUT2D eigenvalue weighted by molar-refractivity contribution is 5.97. The SMILES string of the molecule is O=C1c2cc(OCc3ccc(F)cc3)ccc2CCN1Cc1cccnc1. The molecule has 0 N–H and O–H groups in total. The second kappa shape index (κ2) is 7.58. The number of aromatic nitrogens is 1. The van der Waals surface area contributed by atoms with Gasteiger partial charge in [0.15, 0.2) is 0 Å². The van der Waals surface area contributed by atoms with Crippen LogP contribution < -0.4 is 4.74 Å². The van der Waals surface area contributed by atoms with Crippen LogP contribution in [-0.2, 0) is 19.6 Å². The molecule has 2 heterocycles. The van der Waals surface area contributed by atoms with Gasteiger partial charge in [-0.3, -0.25) is 9.78 Å². The molecule has 0 atom stereocenters. The van der Waals surface area contributed by atoms with Gasteiger partial charge in [0.05, 0.1) is 0 Å². The smallest absolute Gasteiger partial charge is 0.254 e. The van der Waals surface area contributed by atoms with Crippen LogP contribution in [0.5, 0.6) is 5.75 Å². The first kappa shape index (κ1) is 17.2. The Labute approximate surface area is 157 Å². The molecule has 3 aromatic rings. The molecule has 0 saturated heterocycles. The number of hydrogen-bond donors (Lipinski definition) is 0. The van der Waals surface area contributed by atoms with E-state index in [9.17, 15) is 9.18 Å². The molecule has 4 nitrogen and oxygen atoms in total. The first-order valence-corrected chi connectivity index (χ1v) is 8.87. The molecule has 27 heavy (non-hydrogen) atoms. The molecule has 5 heteroatoms. The van der Waals surface area contributed by atoms with E-state index < -0.39 is 0 Å². The summed E-state index contributed by atoms with van der Waals surface area (Å²) in [4.78, 5) is 18.8. The Bertz CT molecular complexity index is 942. The van der Waals surface area contributed by atoms with Gasteiger partial charge < -0.3 is 9.64 Å². The van der Waals surface area contributed by atoms with Crippen LogP contribution in [0.4, 0.5) is 4.39 Å². The third-order valence-corrected chi connectivity index (χ3v) is 4.66. The Morgan fingerprint density at radius 3 is 2.70 bits per heavy atom. The number of fused-ring (bicyclic) bond motifs is 1. The fraction of sp³-hybridized carbons (Fsp3) is 0.182. The van der Waals surface area contributed by atoms with E-state index in [1.54, 1.807) is 30.6 Å². The maximum Gasteiger partial charge on any atom is 0.254 e. The molecular formula is C22H19FN2O2. The van der Waals surface area contributed by atoms with E-state index >= 15 is 0 Å². The van der Waals surface area contributed by atoms with Gasteiger partial charge in [0, 0.05) is 31.0 Å². The van der Waals surface area contributed by atoms with E-state index in [-0.39, 0.29) is 11.7 Å². The second-order valence-electron chi connectivity index (χ2n) is 6.57. The van der Waals surface area contributed by atoms with Crippen LogP contribution >= 0.6 is 0 Å². The third-order valence-electron chi connectivity index (χ3n) is 4.66. The van der Waals surface area contributed by atoms with Gasteiger partial charge in [-0.05, 0) is 53.4 Å². The summed E-state index contributed by atoms with van der Waals surface area (Å²) in [5.41, 5.74) is 3.61. The number of halogens is 1. The largest absolute Gasteiger partial charge is 0.489 e. The van der Waals surface area contributed by atoms with E-state index in [1.807, 2.05) is 29.2 Å². The number of nitrogens with zero attached hydrogens (tertiary/aromatic N) is 2. The van der Waals surface area contributed by atoms with E-state index in [4.69, 9.17) is 4.74 Å². The predicted octanol–water partition coefficient (Wildman–Crippen LogP) is 4.00. The topological polar surface area (TPSA) is 42.4 Å². The Hall–Kier alpha value is -3.21. The monoisotopic (exact) mass is 362 g/mol. The van der Waals surface area contributed by atoms with Crippen molar-refractivity contribution >= 4 is 5.91 Å². The molecule has 2 aromatic carbocycles. The molecule has 1 aromatic heterocycles. The van der Waals surface area contributed by atoms with Gasteiger partial charge in [0.2, 0.25) is 0 Å². The van der Waals surface area contributed by atoms with Crippen LogP contribution in [0.25, 0.3) is 0 Å². The normalized spacial score (nSPS) is 13.4. The highest BCUT2D eigenvalue weighted by Gasteiger charge is 2.24. The van der Waals surface area contributed by atoms with Crippen molar-refractivity contribution in [2.75, 3.05) is 6.54 Å². The van der Waals surface area contributed by atoms with Gasteiger partial charge in [-0.1, -0.05) is 24.3 Å². The minimum Gasteiger partial charge on any atom is -0.489 e. The zero-order chi connectivity index (χ0) is 18.6. The van der Waals surface area contributed by atoms with E-state index in [0.29, 0.717) is 31.0 Å². The first-order chi connectivity index (χ1) is 13.2. The number of amides is 1. The maximum atomic E-state index is 13.0. The van der Waals surface area contributed by atoms with Crippen molar-refractivity contribution in [1.29, 1.82) is 0 Å². The number of ether oxygens (including phenoxy) is 1. The molecule has 1 aliphatic rings. The van der Waals surface area contributed by atoms with Crippen molar-refractivity contribution < 1.29 is 13.9 Å². The number of rotatable bonds is 5. The lowest BCUT2D eigenvalue weighted by Crippen LogP contribution is -2.37. The molecule has 136 valence electrons. The minimum absolute atomic E-state index is 0.00679. The third kappa shape index (κ3) is 3.97. The number of carbonyl (C=O) groups excluding carboxylic acids is 1. The van der Waals surface area contributed by atoms with Crippen molar-refractivity contribution in [2.24, 2.45) is 0 Å². The van der Waals surface area contributed by atoms with Gasteiger partial charge in [0.1, 0.15) is 18.2 Å². The molecule has 0 bridgehead atoms. The Balaban J connectivity index is 1.47.